The molecule has 15 heavy (non-hydrogen) atoms. The van der Waals surface area contributed by atoms with Crippen molar-refractivity contribution in [3.63, 3.8) is 0 Å². The Bertz CT molecular complexity index is 211. The van der Waals surface area contributed by atoms with E-state index in [9.17, 15) is 4.79 Å². The number of rotatable bonds is 5. The number of carboxylic acid groups (broad SMARTS) is 1. The lowest BCUT2D eigenvalue weighted by atomic mass is 10.1. The molecule has 0 radical (unpaired) electrons. The Morgan fingerprint density at radius 3 is 3.00 bits per heavy atom. The zero-order valence-electron chi connectivity index (χ0n) is 9.61. The zero-order valence-corrected chi connectivity index (χ0v) is 10.4. The van der Waals surface area contributed by atoms with Gasteiger partial charge >= 0.3 is 5.97 Å². The normalized spacial score (nSPS) is 25.1. The first-order valence-corrected chi connectivity index (χ1v) is 6.75. The van der Waals surface area contributed by atoms with E-state index < -0.39 is 5.97 Å². The molecule has 1 rings (SSSR count). The molecule has 3 nitrogen and oxygen atoms in total. The monoisotopic (exact) mass is 231 g/mol. The lowest BCUT2D eigenvalue weighted by Gasteiger charge is -2.36. The Balaban J connectivity index is 2.31. The third-order valence-electron chi connectivity index (χ3n) is 3.02. The highest BCUT2D eigenvalue weighted by molar-refractivity contribution is 8.00. The zero-order chi connectivity index (χ0) is 11.3. The summed E-state index contributed by atoms with van der Waals surface area (Å²) < 4.78 is 0. The molecule has 0 bridgehead atoms. The molecule has 0 aromatic heterocycles. The van der Waals surface area contributed by atoms with E-state index in [0.29, 0.717) is 12.5 Å². The van der Waals surface area contributed by atoms with Crippen LogP contribution in [0.2, 0.25) is 0 Å². The second-order valence-electron chi connectivity index (χ2n) is 4.18. The van der Waals surface area contributed by atoms with Gasteiger partial charge in [-0.05, 0) is 19.8 Å². The van der Waals surface area contributed by atoms with Gasteiger partial charge in [0.05, 0.1) is 0 Å². The SMILES string of the molecule is CCC1CN(C(C)CCC(=O)O)CCS1. The molecule has 4 heteroatoms. The molecule has 1 heterocycles. The number of thioether (sulfide) groups is 1. The molecule has 0 saturated carbocycles. The quantitative estimate of drug-likeness (QED) is 0.786. The second kappa shape index (κ2) is 6.38. The van der Waals surface area contributed by atoms with E-state index in [1.54, 1.807) is 0 Å². The first-order valence-electron chi connectivity index (χ1n) is 5.71. The number of nitrogens with zero attached hydrogens (tertiary/aromatic N) is 1. The topological polar surface area (TPSA) is 40.5 Å². The van der Waals surface area contributed by atoms with Crippen LogP contribution in [0, 0.1) is 0 Å². The van der Waals surface area contributed by atoms with E-state index in [0.717, 1.165) is 24.8 Å². The predicted octanol–water partition coefficient (Wildman–Crippen LogP) is 2.07. The summed E-state index contributed by atoms with van der Waals surface area (Å²) in [7, 11) is 0. The molecular formula is C11H21NO2S. The van der Waals surface area contributed by atoms with Crippen molar-refractivity contribution >= 4 is 17.7 Å². The van der Waals surface area contributed by atoms with Crippen LogP contribution in [0.3, 0.4) is 0 Å². The average molecular weight is 231 g/mol. The molecule has 0 aromatic carbocycles. The van der Waals surface area contributed by atoms with Crippen molar-refractivity contribution in [1.82, 2.24) is 4.90 Å². The van der Waals surface area contributed by atoms with Gasteiger partial charge in [-0.2, -0.15) is 11.8 Å². The van der Waals surface area contributed by atoms with Gasteiger partial charge in [-0.3, -0.25) is 9.69 Å². The molecule has 2 unspecified atom stereocenters. The summed E-state index contributed by atoms with van der Waals surface area (Å²) in [6.07, 6.45) is 2.28. The predicted molar refractivity (Wildman–Crippen MR) is 64.4 cm³/mol. The van der Waals surface area contributed by atoms with Crippen molar-refractivity contribution in [2.24, 2.45) is 0 Å². The molecular weight excluding hydrogens is 210 g/mol. The molecule has 1 saturated heterocycles. The highest BCUT2D eigenvalue weighted by Gasteiger charge is 2.22. The van der Waals surface area contributed by atoms with Crippen LogP contribution in [0.25, 0.3) is 0 Å². The van der Waals surface area contributed by atoms with Crippen molar-refractivity contribution < 1.29 is 9.90 Å². The van der Waals surface area contributed by atoms with Crippen LogP contribution in [-0.2, 0) is 4.79 Å². The standard InChI is InChI=1S/C11H21NO2S/c1-3-10-8-12(6-7-15-10)9(2)4-5-11(13)14/h9-10H,3-8H2,1-2H3,(H,13,14). The largest absolute Gasteiger partial charge is 0.481 e. The number of hydrogen-bond donors (Lipinski definition) is 1. The van der Waals surface area contributed by atoms with Crippen molar-refractivity contribution in [2.75, 3.05) is 18.8 Å². The Labute approximate surface area is 96.2 Å². The maximum atomic E-state index is 10.5. The van der Waals surface area contributed by atoms with Crippen molar-refractivity contribution in [3.8, 4) is 0 Å². The van der Waals surface area contributed by atoms with Crippen molar-refractivity contribution in [1.29, 1.82) is 0 Å². The Morgan fingerprint density at radius 2 is 2.40 bits per heavy atom. The molecule has 1 N–H and O–H groups in total. The highest BCUT2D eigenvalue weighted by Crippen LogP contribution is 2.23. The minimum Gasteiger partial charge on any atom is -0.481 e. The van der Waals surface area contributed by atoms with E-state index in [1.807, 2.05) is 0 Å². The van der Waals surface area contributed by atoms with Gasteiger partial charge in [-0.1, -0.05) is 6.92 Å². The maximum Gasteiger partial charge on any atom is 0.303 e. The van der Waals surface area contributed by atoms with Crippen molar-refractivity contribution in [2.45, 2.75) is 44.4 Å². The molecule has 0 aromatic rings. The van der Waals surface area contributed by atoms with E-state index in [1.165, 1.54) is 12.2 Å². The van der Waals surface area contributed by atoms with E-state index in [-0.39, 0.29) is 0 Å². The molecule has 1 aliphatic heterocycles. The van der Waals surface area contributed by atoms with Gasteiger partial charge < -0.3 is 5.11 Å². The smallest absolute Gasteiger partial charge is 0.303 e. The molecule has 2 atom stereocenters. The van der Waals surface area contributed by atoms with Crippen LogP contribution in [0.1, 0.15) is 33.1 Å². The van der Waals surface area contributed by atoms with Gasteiger partial charge in [0.1, 0.15) is 0 Å². The van der Waals surface area contributed by atoms with Crippen LogP contribution in [0.4, 0.5) is 0 Å². The molecule has 1 aliphatic rings. The summed E-state index contributed by atoms with van der Waals surface area (Å²) >= 11 is 2.05. The maximum absolute atomic E-state index is 10.5. The number of hydrogen-bond acceptors (Lipinski definition) is 3. The fourth-order valence-electron chi connectivity index (χ4n) is 1.90. The summed E-state index contributed by atoms with van der Waals surface area (Å²) in [6, 6.07) is 0.413. The fraction of sp³-hybridized carbons (Fsp3) is 0.909. The van der Waals surface area contributed by atoms with Gasteiger partial charge in [0.25, 0.3) is 0 Å². The van der Waals surface area contributed by atoms with Crippen molar-refractivity contribution in [3.05, 3.63) is 0 Å². The van der Waals surface area contributed by atoms with E-state index in [2.05, 4.69) is 30.5 Å². The van der Waals surface area contributed by atoms with Gasteiger partial charge in [-0.25, -0.2) is 0 Å². The minimum absolute atomic E-state index is 0.293. The van der Waals surface area contributed by atoms with Crippen LogP contribution < -0.4 is 0 Å². The van der Waals surface area contributed by atoms with E-state index >= 15 is 0 Å². The summed E-state index contributed by atoms with van der Waals surface area (Å²) in [5.41, 5.74) is 0. The lowest BCUT2D eigenvalue weighted by molar-refractivity contribution is -0.137. The second-order valence-corrected chi connectivity index (χ2v) is 5.59. The van der Waals surface area contributed by atoms with Gasteiger partial charge in [0.2, 0.25) is 0 Å². The minimum atomic E-state index is -0.680. The van der Waals surface area contributed by atoms with Gasteiger partial charge in [0, 0.05) is 36.6 Å². The first kappa shape index (κ1) is 12.8. The van der Waals surface area contributed by atoms with Crippen LogP contribution >= 0.6 is 11.8 Å². The Kier molecular flexibility index (Phi) is 5.47. The molecule has 0 amide bonds. The van der Waals surface area contributed by atoms with Crippen LogP contribution in [-0.4, -0.2) is 46.1 Å². The molecule has 1 fully saturated rings. The number of carboxylic acids is 1. The number of aliphatic carboxylic acids is 1. The van der Waals surface area contributed by atoms with E-state index in [4.69, 9.17) is 5.11 Å². The Hall–Kier alpha value is -0.220. The summed E-state index contributed by atoms with van der Waals surface area (Å²) in [6.45, 7) is 6.61. The third-order valence-corrected chi connectivity index (χ3v) is 4.40. The van der Waals surface area contributed by atoms with Crippen LogP contribution in [0.15, 0.2) is 0 Å². The molecule has 88 valence electrons. The summed E-state index contributed by atoms with van der Waals surface area (Å²) in [5.74, 6) is 0.510. The first-order chi connectivity index (χ1) is 7.13. The molecule has 0 spiro atoms. The average Bonchev–Trinajstić information content (AvgIpc) is 2.26. The summed E-state index contributed by atoms with van der Waals surface area (Å²) in [5, 5.41) is 9.38. The summed E-state index contributed by atoms with van der Waals surface area (Å²) in [4.78, 5) is 12.9. The number of carbonyl (C=O) groups is 1. The van der Waals surface area contributed by atoms with Gasteiger partial charge in [-0.15, -0.1) is 0 Å². The van der Waals surface area contributed by atoms with Crippen LogP contribution in [0.5, 0.6) is 0 Å². The molecule has 0 aliphatic carbocycles. The third kappa shape index (κ3) is 4.43. The fourth-order valence-corrected chi connectivity index (χ4v) is 3.11. The van der Waals surface area contributed by atoms with Gasteiger partial charge in [0.15, 0.2) is 0 Å². The Morgan fingerprint density at radius 1 is 1.67 bits per heavy atom. The highest BCUT2D eigenvalue weighted by atomic mass is 32.2. The lowest BCUT2D eigenvalue weighted by Crippen LogP contribution is -2.43.